The summed E-state index contributed by atoms with van der Waals surface area (Å²) in [5.41, 5.74) is 4.95. The Hall–Kier alpha value is -2.58. The van der Waals surface area contributed by atoms with Gasteiger partial charge in [0.05, 0.1) is 35.3 Å². The van der Waals surface area contributed by atoms with Gasteiger partial charge < -0.3 is 0 Å². The Labute approximate surface area is 150 Å². The summed E-state index contributed by atoms with van der Waals surface area (Å²) in [6, 6.07) is 18.0. The third kappa shape index (κ3) is 3.34. The zero-order valence-electron chi connectivity index (χ0n) is 13.6. The van der Waals surface area contributed by atoms with Gasteiger partial charge in [0.15, 0.2) is 0 Å². The maximum Gasteiger partial charge on any atom is 0.115 e. The summed E-state index contributed by atoms with van der Waals surface area (Å²) in [5, 5.41) is 11.2. The lowest BCUT2D eigenvalue weighted by atomic mass is 10.2. The standard InChI is InChI=1S/C19H17BrN4/c1-14-15(2)24(13-22-14)23(12-17-3-7-18(20)8-4-17)19-9-5-16(11-21)6-10-19/h3-10,13H,12H2,1-2H3. The predicted molar refractivity (Wildman–Crippen MR) is 98.6 cm³/mol. The average molecular weight is 381 g/mol. The predicted octanol–water partition coefficient (Wildman–Crippen LogP) is 4.60. The second-order valence-corrected chi connectivity index (χ2v) is 6.52. The Morgan fingerprint density at radius 2 is 1.75 bits per heavy atom. The number of aromatic nitrogens is 2. The molecule has 0 unspecified atom stereocenters. The van der Waals surface area contributed by atoms with Gasteiger partial charge in [0.2, 0.25) is 0 Å². The Morgan fingerprint density at radius 3 is 2.29 bits per heavy atom. The minimum atomic E-state index is 0.654. The fourth-order valence-corrected chi connectivity index (χ4v) is 2.76. The first-order valence-corrected chi connectivity index (χ1v) is 8.41. The van der Waals surface area contributed by atoms with Gasteiger partial charge in [-0.1, -0.05) is 28.1 Å². The summed E-state index contributed by atoms with van der Waals surface area (Å²) in [6.07, 6.45) is 1.84. The van der Waals surface area contributed by atoms with Crippen LogP contribution in [0.4, 0.5) is 5.69 Å². The minimum absolute atomic E-state index is 0.654. The molecule has 2 aromatic carbocycles. The molecule has 120 valence electrons. The molecule has 24 heavy (non-hydrogen) atoms. The van der Waals surface area contributed by atoms with Crippen molar-refractivity contribution in [1.82, 2.24) is 9.66 Å². The van der Waals surface area contributed by atoms with E-state index in [9.17, 15) is 0 Å². The van der Waals surface area contributed by atoms with Crippen LogP contribution in [-0.2, 0) is 6.54 Å². The molecule has 0 spiro atoms. The number of nitriles is 1. The summed E-state index contributed by atoms with van der Waals surface area (Å²) in [4.78, 5) is 4.41. The van der Waals surface area contributed by atoms with E-state index in [4.69, 9.17) is 5.26 Å². The van der Waals surface area contributed by atoms with E-state index < -0.39 is 0 Å². The normalized spacial score (nSPS) is 10.4. The summed E-state index contributed by atoms with van der Waals surface area (Å²) < 4.78 is 3.12. The van der Waals surface area contributed by atoms with Crippen molar-refractivity contribution in [3.8, 4) is 6.07 Å². The molecule has 0 radical (unpaired) electrons. The van der Waals surface area contributed by atoms with E-state index in [1.807, 2.05) is 49.6 Å². The van der Waals surface area contributed by atoms with Gasteiger partial charge in [-0.2, -0.15) is 5.26 Å². The van der Waals surface area contributed by atoms with Crippen molar-refractivity contribution in [2.45, 2.75) is 20.4 Å². The minimum Gasteiger partial charge on any atom is -0.276 e. The molecule has 0 saturated carbocycles. The van der Waals surface area contributed by atoms with Crippen molar-refractivity contribution in [2.75, 3.05) is 5.01 Å². The molecular weight excluding hydrogens is 364 g/mol. The Bertz CT molecular complexity index is 873. The number of benzene rings is 2. The van der Waals surface area contributed by atoms with Gasteiger partial charge in [-0.05, 0) is 55.8 Å². The van der Waals surface area contributed by atoms with Crippen molar-refractivity contribution in [3.63, 3.8) is 0 Å². The third-order valence-corrected chi connectivity index (χ3v) is 4.56. The molecule has 0 saturated heterocycles. The number of aryl methyl sites for hydroxylation is 1. The lowest BCUT2D eigenvalue weighted by Gasteiger charge is -2.27. The molecule has 0 N–H and O–H groups in total. The monoisotopic (exact) mass is 380 g/mol. The highest BCUT2D eigenvalue weighted by Gasteiger charge is 2.13. The summed E-state index contributed by atoms with van der Waals surface area (Å²) in [5.74, 6) is 0. The topological polar surface area (TPSA) is 44.9 Å². The lowest BCUT2D eigenvalue weighted by Crippen LogP contribution is -2.29. The van der Waals surface area contributed by atoms with Crippen molar-refractivity contribution in [3.05, 3.63) is 81.8 Å². The van der Waals surface area contributed by atoms with Crippen LogP contribution in [0.25, 0.3) is 0 Å². The van der Waals surface area contributed by atoms with E-state index in [-0.39, 0.29) is 0 Å². The second-order valence-electron chi connectivity index (χ2n) is 5.60. The molecule has 0 atom stereocenters. The van der Waals surface area contributed by atoms with Crippen LogP contribution < -0.4 is 5.01 Å². The van der Waals surface area contributed by atoms with Crippen LogP contribution in [0.1, 0.15) is 22.5 Å². The van der Waals surface area contributed by atoms with E-state index in [1.54, 1.807) is 0 Å². The van der Waals surface area contributed by atoms with Gasteiger partial charge in [0.25, 0.3) is 0 Å². The molecule has 0 amide bonds. The molecule has 3 aromatic rings. The molecule has 0 aliphatic rings. The number of nitrogens with zero attached hydrogens (tertiary/aromatic N) is 4. The molecule has 1 aromatic heterocycles. The summed E-state index contributed by atoms with van der Waals surface area (Å²) in [6.45, 7) is 4.76. The smallest absolute Gasteiger partial charge is 0.115 e. The molecule has 0 aliphatic heterocycles. The van der Waals surface area contributed by atoms with E-state index in [0.29, 0.717) is 12.1 Å². The molecule has 0 aliphatic carbocycles. The molecule has 0 fully saturated rings. The zero-order chi connectivity index (χ0) is 17.1. The van der Waals surface area contributed by atoms with E-state index in [2.05, 4.69) is 55.7 Å². The van der Waals surface area contributed by atoms with Gasteiger partial charge in [0.1, 0.15) is 6.33 Å². The molecule has 0 bridgehead atoms. The number of rotatable bonds is 4. The largest absolute Gasteiger partial charge is 0.276 e. The maximum absolute atomic E-state index is 9.01. The third-order valence-electron chi connectivity index (χ3n) is 4.03. The van der Waals surface area contributed by atoms with Gasteiger partial charge in [-0.15, -0.1) is 0 Å². The highest BCUT2D eigenvalue weighted by Crippen LogP contribution is 2.22. The number of imidazole rings is 1. The van der Waals surface area contributed by atoms with Crippen molar-refractivity contribution >= 4 is 21.6 Å². The molecule has 1 heterocycles. The molecule has 4 nitrogen and oxygen atoms in total. The molecular formula is C19H17BrN4. The molecule has 5 heteroatoms. The van der Waals surface area contributed by atoms with Gasteiger partial charge >= 0.3 is 0 Å². The van der Waals surface area contributed by atoms with E-state index in [0.717, 1.165) is 21.5 Å². The Kier molecular flexibility index (Phi) is 4.68. The maximum atomic E-state index is 9.01. The number of hydrogen-bond acceptors (Lipinski definition) is 3. The van der Waals surface area contributed by atoms with E-state index >= 15 is 0 Å². The SMILES string of the molecule is Cc1ncn(N(Cc2ccc(Br)cc2)c2ccc(C#N)cc2)c1C. The van der Waals surface area contributed by atoms with Crippen LogP contribution in [-0.4, -0.2) is 9.66 Å². The zero-order valence-corrected chi connectivity index (χ0v) is 15.2. The van der Waals surface area contributed by atoms with Crippen LogP contribution in [0.3, 0.4) is 0 Å². The van der Waals surface area contributed by atoms with Gasteiger partial charge in [0, 0.05) is 4.47 Å². The van der Waals surface area contributed by atoms with Crippen molar-refractivity contribution in [2.24, 2.45) is 0 Å². The van der Waals surface area contributed by atoms with Crippen molar-refractivity contribution in [1.29, 1.82) is 5.26 Å². The van der Waals surface area contributed by atoms with Gasteiger partial charge in [-0.25, -0.2) is 9.66 Å². The van der Waals surface area contributed by atoms with Crippen LogP contribution in [0.15, 0.2) is 59.3 Å². The van der Waals surface area contributed by atoms with Crippen molar-refractivity contribution < 1.29 is 0 Å². The lowest BCUT2D eigenvalue weighted by molar-refractivity contribution is 0.670. The summed E-state index contributed by atoms with van der Waals surface area (Å²) in [7, 11) is 0. The van der Waals surface area contributed by atoms with Crippen LogP contribution in [0.2, 0.25) is 0 Å². The molecule has 3 rings (SSSR count). The first-order chi connectivity index (χ1) is 11.6. The fourth-order valence-electron chi connectivity index (χ4n) is 2.49. The average Bonchev–Trinajstić information content (AvgIpc) is 2.94. The summed E-state index contributed by atoms with van der Waals surface area (Å²) >= 11 is 3.47. The highest BCUT2D eigenvalue weighted by molar-refractivity contribution is 9.10. The Morgan fingerprint density at radius 1 is 1.08 bits per heavy atom. The Balaban J connectivity index is 2.01. The quantitative estimate of drug-likeness (QED) is 0.663. The number of hydrogen-bond donors (Lipinski definition) is 0. The first-order valence-electron chi connectivity index (χ1n) is 7.61. The van der Waals surface area contributed by atoms with E-state index in [1.165, 1.54) is 5.56 Å². The van der Waals surface area contributed by atoms with Gasteiger partial charge in [-0.3, -0.25) is 5.01 Å². The number of anilines is 1. The highest BCUT2D eigenvalue weighted by atomic mass is 79.9. The number of halogens is 1. The van der Waals surface area contributed by atoms with Crippen LogP contribution >= 0.6 is 15.9 Å². The van der Waals surface area contributed by atoms with Crippen LogP contribution in [0.5, 0.6) is 0 Å². The van der Waals surface area contributed by atoms with Crippen LogP contribution in [0, 0.1) is 25.2 Å². The second kappa shape index (κ2) is 6.90. The fraction of sp³-hybridized carbons (Fsp3) is 0.158. The first kappa shape index (κ1) is 16.3.